The van der Waals surface area contributed by atoms with E-state index in [1.807, 2.05) is 0 Å². The molecule has 25 heavy (non-hydrogen) atoms. The molecule has 1 heterocycles. The second kappa shape index (κ2) is 7.76. The first-order valence-electron chi connectivity index (χ1n) is 7.35. The lowest BCUT2D eigenvalue weighted by atomic mass is 10.2. The summed E-state index contributed by atoms with van der Waals surface area (Å²) < 4.78 is 6.67. The van der Waals surface area contributed by atoms with E-state index in [1.165, 1.54) is 11.8 Å². The van der Waals surface area contributed by atoms with Gasteiger partial charge in [0.2, 0.25) is 0 Å². The molecular formula is C16H18Cl2N4O3. The van der Waals surface area contributed by atoms with Crippen LogP contribution in [-0.2, 0) is 9.63 Å². The molecule has 0 aliphatic rings. The van der Waals surface area contributed by atoms with E-state index in [9.17, 15) is 4.79 Å². The van der Waals surface area contributed by atoms with Gasteiger partial charge in [-0.2, -0.15) is 5.10 Å². The summed E-state index contributed by atoms with van der Waals surface area (Å²) in [5.74, 6) is -0.211. The predicted octanol–water partition coefficient (Wildman–Crippen LogP) is 3.24. The number of halogens is 2. The number of methoxy groups -OCH3 is 1. The van der Waals surface area contributed by atoms with Crippen LogP contribution >= 0.6 is 23.2 Å². The minimum atomic E-state index is -0.719. The van der Waals surface area contributed by atoms with Crippen LogP contribution in [0.25, 0.3) is 0 Å². The summed E-state index contributed by atoms with van der Waals surface area (Å²) >= 11 is 12.0. The van der Waals surface area contributed by atoms with Gasteiger partial charge in [-0.1, -0.05) is 28.4 Å². The fourth-order valence-corrected chi connectivity index (χ4v) is 2.52. The van der Waals surface area contributed by atoms with E-state index in [-0.39, 0.29) is 5.84 Å². The molecule has 0 radical (unpaired) electrons. The maximum Gasteiger partial charge on any atom is 0.359 e. The van der Waals surface area contributed by atoms with Gasteiger partial charge < -0.3 is 15.3 Å². The van der Waals surface area contributed by atoms with Crippen molar-refractivity contribution in [1.29, 1.82) is 0 Å². The van der Waals surface area contributed by atoms with E-state index in [4.69, 9.17) is 38.5 Å². The van der Waals surface area contributed by atoms with Crippen molar-refractivity contribution in [1.82, 2.24) is 9.78 Å². The molecule has 1 aromatic carbocycles. The first kappa shape index (κ1) is 19.1. The molecule has 0 aliphatic heterocycles. The maximum atomic E-state index is 12.2. The zero-order valence-electron chi connectivity index (χ0n) is 14.2. The standard InChI is InChI=1S/C16H18Cl2N4O3/c1-8-14(18)9(2)22(20-8)10(3)16(23)25-21-15(19)12-7-11(17)5-6-13(12)24-4/h5-7,10H,1-4H3,(H2,19,21). The third-order valence-corrected chi connectivity index (χ3v) is 4.40. The number of hydrogen-bond acceptors (Lipinski definition) is 5. The van der Waals surface area contributed by atoms with Crippen LogP contribution in [0.1, 0.15) is 29.9 Å². The summed E-state index contributed by atoms with van der Waals surface area (Å²) in [6, 6.07) is 4.14. The lowest BCUT2D eigenvalue weighted by molar-refractivity contribution is -0.147. The van der Waals surface area contributed by atoms with Crippen molar-refractivity contribution in [3.63, 3.8) is 0 Å². The van der Waals surface area contributed by atoms with Crippen molar-refractivity contribution in [2.75, 3.05) is 7.11 Å². The summed E-state index contributed by atoms with van der Waals surface area (Å²) in [6.07, 6.45) is 0. The number of aryl methyl sites for hydroxylation is 1. The number of carbonyl (C=O) groups excluding carboxylic acids is 1. The Morgan fingerprint density at radius 2 is 2.04 bits per heavy atom. The van der Waals surface area contributed by atoms with E-state index >= 15 is 0 Å². The number of hydrogen-bond donors (Lipinski definition) is 1. The average Bonchev–Trinajstić information content (AvgIpc) is 2.86. The average molecular weight is 385 g/mol. The SMILES string of the molecule is COc1ccc(Cl)cc1/C(N)=N/OC(=O)C(C)n1nc(C)c(Cl)c1C. The number of nitrogens with two attached hydrogens (primary N) is 1. The summed E-state index contributed by atoms with van der Waals surface area (Å²) in [7, 11) is 1.49. The summed E-state index contributed by atoms with van der Waals surface area (Å²) in [5.41, 5.74) is 7.59. The van der Waals surface area contributed by atoms with E-state index in [2.05, 4.69) is 10.3 Å². The maximum absolute atomic E-state index is 12.2. The van der Waals surface area contributed by atoms with E-state index < -0.39 is 12.0 Å². The Balaban J connectivity index is 2.19. The number of rotatable bonds is 5. The van der Waals surface area contributed by atoms with E-state index in [1.54, 1.807) is 39.0 Å². The number of carbonyl (C=O) groups is 1. The first-order valence-corrected chi connectivity index (χ1v) is 8.11. The van der Waals surface area contributed by atoms with Gasteiger partial charge in [-0.25, -0.2) is 4.79 Å². The van der Waals surface area contributed by atoms with Gasteiger partial charge >= 0.3 is 5.97 Å². The van der Waals surface area contributed by atoms with Gasteiger partial charge in [-0.15, -0.1) is 0 Å². The Labute approximate surface area is 155 Å². The Bertz CT molecular complexity index is 833. The smallest absolute Gasteiger partial charge is 0.359 e. The second-order valence-electron chi connectivity index (χ2n) is 5.34. The second-order valence-corrected chi connectivity index (χ2v) is 6.15. The molecule has 1 aromatic heterocycles. The molecule has 0 aliphatic carbocycles. The number of amidine groups is 1. The molecular weight excluding hydrogens is 367 g/mol. The van der Waals surface area contributed by atoms with Crippen LogP contribution in [0.15, 0.2) is 23.4 Å². The molecule has 2 aromatic rings. The van der Waals surface area contributed by atoms with Gasteiger partial charge in [-0.05, 0) is 39.0 Å². The molecule has 9 heteroatoms. The first-order chi connectivity index (χ1) is 11.8. The van der Waals surface area contributed by atoms with Gasteiger partial charge in [0, 0.05) is 5.02 Å². The summed E-state index contributed by atoms with van der Waals surface area (Å²) in [4.78, 5) is 17.2. The molecule has 2 rings (SSSR count). The molecule has 2 N–H and O–H groups in total. The molecule has 0 amide bonds. The van der Waals surface area contributed by atoms with E-state index in [0.717, 1.165) is 0 Å². The number of ether oxygens (including phenoxy) is 1. The third kappa shape index (κ3) is 4.05. The van der Waals surface area contributed by atoms with Gasteiger partial charge in [0.05, 0.1) is 29.1 Å². The third-order valence-electron chi connectivity index (χ3n) is 3.62. The highest BCUT2D eigenvalue weighted by molar-refractivity contribution is 6.32. The summed E-state index contributed by atoms with van der Waals surface area (Å²) in [5, 5.41) is 8.86. The largest absolute Gasteiger partial charge is 0.496 e. The van der Waals surface area contributed by atoms with Crippen LogP contribution in [0.2, 0.25) is 10.0 Å². The highest BCUT2D eigenvalue weighted by Gasteiger charge is 2.22. The normalized spacial score (nSPS) is 12.8. The molecule has 0 saturated heterocycles. The van der Waals surface area contributed by atoms with Crippen LogP contribution in [0.5, 0.6) is 5.75 Å². The van der Waals surface area contributed by atoms with E-state index in [0.29, 0.717) is 32.7 Å². The Kier molecular flexibility index (Phi) is 5.92. The molecule has 1 unspecified atom stereocenters. The van der Waals surface area contributed by atoms with Gasteiger partial charge in [-0.3, -0.25) is 4.68 Å². The topological polar surface area (TPSA) is 91.7 Å². The molecule has 7 nitrogen and oxygen atoms in total. The van der Waals surface area contributed by atoms with Gasteiger partial charge in [0.1, 0.15) is 11.8 Å². The number of aromatic nitrogens is 2. The molecule has 0 bridgehead atoms. The molecule has 0 fully saturated rings. The highest BCUT2D eigenvalue weighted by Crippen LogP contribution is 2.24. The number of oxime groups is 1. The van der Waals surface area contributed by atoms with Gasteiger partial charge in [0.15, 0.2) is 5.84 Å². The predicted molar refractivity (Wildman–Crippen MR) is 96.2 cm³/mol. The van der Waals surface area contributed by atoms with Crippen LogP contribution < -0.4 is 10.5 Å². The highest BCUT2D eigenvalue weighted by atomic mass is 35.5. The Hall–Kier alpha value is -2.25. The molecule has 0 spiro atoms. The molecule has 1 atom stereocenters. The van der Waals surface area contributed by atoms with Crippen molar-refractivity contribution in [2.24, 2.45) is 10.9 Å². The van der Waals surface area contributed by atoms with Crippen LogP contribution in [0, 0.1) is 13.8 Å². The minimum Gasteiger partial charge on any atom is -0.496 e. The lowest BCUT2D eigenvalue weighted by Gasteiger charge is -2.12. The van der Waals surface area contributed by atoms with Gasteiger partial charge in [0.25, 0.3) is 0 Å². The Morgan fingerprint density at radius 1 is 1.36 bits per heavy atom. The minimum absolute atomic E-state index is 0.0358. The Morgan fingerprint density at radius 3 is 2.60 bits per heavy atom. The zero-order valence-corrected chi connectivity index (χ0v) is 15.7. The van der Waals surface area contributed by atoms with Crippen molar-refractivity contribution in [3.05, 3.63) is 45.2 Å². The monoisotopic (exact) mass is 384 g/mol. The van der Waals surface area contributed by atoms with Crippen LogP contribution in [-0.4, -0.2) is 28.7 Å². The van der Waals surface area contributed by atoms with Crippen LogP contribution in [0.4, 0.5) is 0 Å². The zero-order chi connectivity index (χ0) is 18.7. The molecule has 0 saturated carbocycles. The summed E-state index contributed by atoms with van der Waals surface area (Å²) in [6.45, 7) is 5.15. The number of benzene rings is 1. The molecule has 134 valence electrons. The lowest BCUT2D eigenvalue weighted by Crippen LogP contribution is -2.22. The fourth-order valence-electron chi connectivity index (χ4n) is 2.22. The van der Waals surface area contributed by atoms with Crippen molar-refractivity contribution in [2.45, 2.75) is 26.8 Å². The van der Waals surface area contributed by atoms with Crippen molar-refractivity contribution < 1.29 is 14.4 Å². The number of nitrogens with zero attached hydrogens (tertiary/aromatic N) is 3. The van der Waals surface area contributed by atoms with Crippen LogP contribution in [0.3, 0.4) is 0 Å². The quantitative estimate of drug-likeness (QED) is 0.369. The fraction of sp³-hybridized carbons (Fsp3) is 0.312. The van der Waals surface area contributed by atoms with Crippen molar-refractivity contribution in [3.8, 4) is 5.75 Å². The van der Waals surface area contributed by atoms with Crippen molar-refractivity contribution >= 4 is 35.0 Å².